The molecule has 0 unspecified atom stereocenters. The summed E-state index contributed by atoms with van der Waals surface area (Å²) < 4.78 is 18.2. The Labute approximate surface area is 154 Å². The summed E-state index contributed by atoms with van der Waals surface area (Å²) in [6.45, 7) is 4.11. The smallest absolute Gasteiger partial charge is 0.345 e. The highest BCUT2D eigenvalue weighted by Gasteiger charge is 2.13. The summed E-state index contributed by atoms with van der Waals surface area (Å²) in [6, 6.07) is 9.07. The van der Waals surface area contributed by atoms with Crippen LogP contribution in [0.25, 0.3) is 11.3 Å². The van der Waals surface area contributed by atoms with Gasteiger partial charge in [-0.15, -0.1) is 0 Å². The SMILES string of the molecule is CC(C)Cc1cc(C(=O)NCc2cc(-c3ccc(F)cc3)no2)nc(=O)[nH]1. The molecule has 1 amide bonds. The first-order valence-electron chi connectivity index (χ1n) is 8.50. The third-order valence-corrected chi connectivity index (χ3v) is 3.78. The second kappa shape index (κ2) is 7.94. The van der Waals surface area contributed by atoms with E-state index in [0.717, 1.165) is 0 Å². The second-order valence-corrected chi connectivity index (χ2v) is 6.56. The summed E-state index contributed by atoms with van der Waals surface area (Å²) in [4.78, 5) is 30.3. The molecule has 0 aliphatic heterocycles. The lowest BCUT2D eigenvalue weighted by Crippen LogP contribution is -2.27. The van der Waals surface area contributed by atoms with E-state index in [4.69, 9.17) is 4.52 Å². The Morgan fingerprint density at radius 3 is 2.70 bits per heavy atom. The molecule has 0 aliphatic rings. The number of aromatic nitrogens is 3. The highest BCUT2D eigenvalue weighted by Crippen LogP contribution is 2.19. The summed E-state index contributed by atoms with van der Waals surface area (Å²) in [7, 11) is 0. The van der Waals surface area contributed by atoms with Crippen molar-refractivity contribution in [3.8, 4) is 11.3 Å². The minimum atomic E-state index is -0.559. The van der Waals surface area contributed by atoms with Crippen molar-refractivity contribution in [3.05, 3.63) is 69.8 Å². The molecule has 0 radical (unpaired) electrons. The molecule has 0 spiro atoms. The Bertz CT molecular complexity index is 993. The minimum absolute atomic E-state index is 0.0488. The van der Waals surface area contributed by atoms with Crippen molar-refractivity contribution in [3.63, 3.8) is 0 Å². The molecular formula is C19H19FN4O3. The van der Waals surface area contributed by atoms with Gasteiger partial charge in [-0.05, 0) is 42.7 Å². The lowest BCUT2D eigenvalue weighted by Gasteiger charge is -2.06. The molecule has 0 aliphatic carbocycles. The van der Waals surface area contributed by atoms with E-state index in [1.807, 2.05) is 13.8 Å². The first kappa shape index (κ1) is 18.5. The van der Waals surface area contributed by atoms with E-state index in [-0.39, 0.29) is 18.1 Å². The van der Waals surface area contributed by atoms with Crippen LogP contribution in [0, 0.1) is 11.7 Å². The monoisotopic (exact) mass is 370 g/mol. The fourth-order valence-electron chi connectivity index (χ4n) is 2.59. The molecule has 2 heterocycles. The number of carbonyl (C=O) groups is 1. The average molecular weight is 370 g/mol. The predicted octanol–water partition coefficient (Wildman–Crippen LogP) is 2.69. The second-order valence-electron chi connectivity index (χ2n) is 6.56. The lowest BCUT2D eigenvalue weighted by molar-refractivity contribution is 0.0941. The van der Waals surface area contributed by atoms with Gasteiger partial charge in [0.15, 0.2) is 5.76 Å². The van der Waals surface area contributed by atoms with Gasteiger partial charge in [0, 0.05) is 17.3 Å². The molecule has 8 heteroatoms. The summed E-state index contributed by atoms with van der Waals surface area (Å²) in [5.41, 5.74) is 1.39. The minimum Gasteiger partial charge on any atom is -0.359 e. The van der Waals surface area contributed by atoms with Gasteiger partial charge in [-0.3, -0.25) is 4.79 Å². The van der Waals surface area contributed by atoms with Gasteiger partial charge in [-0.25, -0.2) is 9.18 Å². The maximum absolute atomic E-state index is 13.0. The normalized spacial score (nSPS) is 11.0. The number of aromatic amines is 1. The highest BCUT2D eigenvalue weighted by molar-refractivity contribution is 5.92. The topological polar surface area (TPSA) is 101 Å². The van der Waals surface area contributed by atoms with Crippen LogP contribution >= 0.6 is 0 Å². The molecule has 3 rings (SSSR count). The van der Waals surface area contributed by atoms with Crippen molar-refractivity contribution in [2.45, 2.75) is 26.8 Å². The van der Waals surface area contributed by atoms with Crippen LogP contribution in [0.15, 0.2) is 45.7 Å². The molecule has 7 nitrogen and oxygen atoms in total. The first-order valence-corrected chi connectivity index (χ1v) is 8.50. The lowest BCUT2D eigenvalue weighted by atomic mass is 10.1. The van der Waals surface area contributed by atoms with Crippen LogP contribution in [0.3, 0.4) is 0 Å². The van der Waals surface area contributed by atoms with Crippen molar-refractivity contribution in [2.24, 2.45) is 5.92 Å². The van der Waals surface area contributed by atoms with E-state index < -0.39 is 11.6 Å². The van der Waals surface area contributed by atoms with E-state index in [1.54, 1.807) is 24.3 Å². The predicted molar refractivity (Wildman–Crippen MR) is 96.5 cm³/mol. The molecule has 0 bridgehead atoms. The number of amides is 1. The molecule has 2 aromatic heterocycles. The molecule has 2 N–H and O–H groups in total. The van der Waals surface area contributed by atoms with Gasteiger partial charge in [0.2, 0.25) is 0 Å². The standard InChI is InChI=1S/C19H19FN4O3/c1-11(2)7-14-8-17(23-19(26)22-14)18(25)21-10-15-9-16(24-27-15)12-3-5-13(20)6-4-12/h3-6,8-9,11H,7,10H2,1-2H3,(H,21,25)(H,22,23,26). The number of H-pyrrole nitrogens is 1. The number of hydrogen-bond donors (Lipinski definition) is 2. The molecule has 140 valence electrons. The Morgan fingerprint density at radius 2 is 2.00 bits per heavy atom. The van der Waals surface area contributed by atoms with Crippen molar-refractivity contribution in [1.82, 2.24) is 20.4 Å². The molecule has 0 atom stereocenters. The Balaban J connectivity index is 1.67. The van der Waals surface area contributed by atoms with Gasteiger partial charge >= 0.3 is 5.69 Å². The van der Waals surface area contributed by atoms with Crippen LogP contribution in [-0.2, 0) is 13.0 Å². The number of carbonyl (C=O) groups excluding carboxylic acids is 1. The number of nitrogens with zero attached hydrogens (tertiary/aromatic N) is 2. The third-order valence-electron chi connectivity index (χ3n) is 3.78. The van der Waals surface area contributed by atoms with Crippen LogP contribution < -0.4 is 11.0 Å². The van der Waals surface area contributed by atoms with Gasteiger partial charge in [-0.1, -0.05) is 19.0 Å². The Kier molecular flexibility index (Phi) is 5.44. The molecule has 27 heavy (non-hydrogen) atoms. The zero-order chi connectivity index (χ0) is 19.4. The zero-order valence-corrected chi connectivity index (χ0v) is 15.0. The van der Waals surface area contributed by atoms with Gasteiger partial charge in [0.05, 0.1) is 6.54 Å². The van der Waals surface area contributed by atoms with Crippen LogP contribution in [0.2, 0.25) is 0 Å². The van der Waals surface area contributed by atoms with Gasteiger partial charge in [-0.2, -0.15) is 4.98 Å². The van der Waals surface area contributed by atoms with Gasteiger partial charge in [0.25, 0.3) is 5.91 Å². The first-order chi connectivity index (χ1) is 12.9. The Morgan fingerprint density at radius 1 is 1.26 bits per heavy atom. The van der Waals surface area contributed by atoms with E-state index in [2.05, 4.69) is 20.4 Å². The van der Waals surface area contributed by atoms with Crippen molar-refractivity contribution >= 4 is 5.91 Å². The van der Waals surface area contributed by atoms with Crippen molar-refractivity contribution in [2.75, 3.05) is 0 Å². The summed E-state index contributed by atoms with van der Waals surface area (Å²) in [6.07, 6.45) is 0.640. The molecule has 1 aromatic carbocycles. The van der Waals surface area contributed by atoms with E-state index in [9.17, 15) is 14.0 Å². The quantitative estimate of drug-likeness (QED) is 0.695. The number of halogens is 1. The maximum Gasteiger partial charge on any atom is 0.345 e. The van der Waals surface area contributed by atoms with Crippen molar-refractivity contribution in [1.29, 1.82) is 0 Å². The zero-order valence-electron chi connectivity index (χ0n) is 15.0. The number of hydrogen-bond acceptors (Lipinski definition) is 5. The molecular weight excluding hydrogens is 351 g/mol. The van der Waals surface area contributed by atoms with E-state index in [0.29, 0.717) is 35.1 Å². The number of rotatable bonds is 6. The molecule has 0 saturated heterocycles. The molecule has 3 aromatic rings. The summed E-state index contributed by atoms with van der Waals surface area (Å²) >= 11 is 0. The van der Waals surface area contributed by atoms with Gasteiger partial charge < -0.3 is 14.8 Å². The molecule has 0 fully saturated rings. The van der Waals surface area contributed by atoms with E-state index in [1.165, 1.54) is 12.1 Å². The van der Waals surface area contributed by atoms with Crippen LogP contribution in [-0.4, -0.2) is 21.0 Å². The van der Waals surface area contributed by atoms with Gasteiger partial charge in [0.1, 0.15) is 17.2 Å². The number of nitrogens with one attached hydrogen (secondary N) is 2. The van der Waals surface area contributed by atoms with Crippen LogP contribution in [0.4, 0.5) is 4.39 Å². The summed E-state index contributed by atoms with van der Waals surface area (Å²) in [5, 5.41) is 6.56. The highest BCUT2D eigenvalue weighted by atomic mass is 19.1. The fourth-order valence-corrected chi connectivity index (χ4v) is 2.59. The average Bonchev–Trinajstić information content (AvgIpc) is 3.08. The summed E-state index contributed by atoms with van der Waals surface area (Å²) in [5.74, 6) is -0.0595. The van der Waals surface area contributed by atoms with Crippen molar-refractivity contribution < 1.29 is 13.7 Å². The van der Waals surface area contributed by atoms with Crippen LogP contribution in [0.5, 0.6) is 0 Å². The number of benzene rings is 1. The van der Waals surface area contributed by atoms with Crippen LogP contribution in [0.1, 0.15) is 35.8 Å². The van der Waals surface area contributed by atoms with E-state index >= 15 is 0 Å². The molecule has 0 saturated carbocycles. The largest absolute Gasteiger partial charge is 0.359 e. The fraction of sp³-hybridized carbons (Fsp3) is 0.263. The Hall–Kier alpha value is -3.29. The maximum atomic E-state index is 13.0. The third kappa shape index (κ3) is 4.87.